The van der Waals surface area contributed by atoms with Crippen molar-refractivity contribution >= 4 is 11.8 Å². The minimum Gasteiger partial charge on any atom is -0.355 e. The van der Waals surface area contributed by atoms with Crippen LogP contribution in [0.25, 0.3) is 0 Å². The second-order valence-electron chi connectivity index (χ2n) is 11.7. The minimum absolute atomic E-state index is 0.0203. The van der Waals surface area contributed by atoms with Gasteiger partial charge in [0.2, 0.25) is 11.8 Å². The molecule has 2 unspecified atom stereocenters. The molecule has 6 heteroatoms. The predicted octanol–water partition coefficient (Wildman–Crippen LogP) is 3.51. The van der Waals surface area contributed by atoms with Crippen LogP contribution in [0.2, 0.25) is 0 Å². The van der Waals surface area contributed by atoms with E-state index in [1.807, 2.05) is 4.90 Å². The molecular weight excluding hydrogens is 400 g/mol. The molecule has 2 atom stereocenters. The summed E-state index contributed by atoms with van der Waals surface area (Å²) in [5.74, 6) is 0.943. The van der Waals surface area contributed by atoms with E-state index in [1.54, 1.807) is 0 Å². The molecule has 2 saturated heterocycles. The van der Waals surface area contributed by atoms with Crippen molar-refractivity contribution in [2.45, 2.75) is 97.6 Å². The second-order valence-corrected chi connectivity index (χ2v) is 11.7. The van der Waals surface area contributed by atoms with Crippen molar-refractivity contribution in [2.75, 3.05) is 45.8 Å². The average molecular weight is 449 g/mol. The van der Waals surface area contributed by atoms with Crippen molar-refractivity contribution in [2.24, 2.45) is 11.3 Å². The monoisotopic (exact) mass is 448 g/mol. The van der Waals surface area contributed by atoms with Crippen molar-refractivity contribution in [3.05, 3.63) is 0 Å². The summed E-state index contributed by atoms with van der Waals surface area (Å²) in [5.41, 5.74) is 0.0203. The fraction of sp³-hybridized carbons (Fsp3) is 0.923. The van der Waals surface area contributed by atoms with Gasteiger partial charge in [0, 0.05) is 51.7 Å². The Bertz CT molecular complexity index is 603. The van der Waals surface area contributed by atoms with Gasteiger partial charge in [0.15, 0.2) is 0 Å². The summed E-state index contributed by atoms with van der Waals surface area (Å²) in [5, 5.41) is 3.29. The highest BCUT2D eigenvalue weighted by atomic mass is 16.2. The number of nitrogens with zero attached hydrogens (tertiary/aromatic N) is 3. The summed E-state index contributed by atoms with van der Waals surface area (Å²) in [4.78, 5) is 32.9. The quantitative estimate of drug-likeness (QED) is 0.578. The summed E-state index contributed by atoms with van der Waals surface area (Å²) in [6.45, 7) is 14.9. The number of piperazine rings is 1. The van der Waals surface area contributed by atoms with Crippen LogP contribution in [-0.2, 0) is 9.59 Å². The number of carbonyl (C=O) groups is 2. The third kappa shape index (κ3) is 7.44. The van der Waals surface area contributed by atoms with Gasteiger partial charge >= 0.3 is 0 Å². The number of hydrogen-bond acceptors (Lipinski definition) is 4. The van der Waals surface area contributed by atoms with Gasteiger partial charge in [-0.25, -0.2) is 0 Å². The van der Waals surface area contributed by atoms with Crippen LogP contribution in [0.3, 0.4) is 0 Å². The molecule has 0 radical (unpaired) electrons. The lowest BCUT2D eigenvalue weighted by atomic mass is 9.91. The van der Waals surface area contributed by atoms with Crippen LogP contribution in [0.4, 0.5) is 0 Å². The van der Waals surface area contributed by atoms with Gasteiger partial charge in [0.25, 0.3) is 0 Å². The molecule has 6 nitrogen and oxygen atoms in total. The van der Waals surface area contributed by atoms with Crippen LogP contribution in [-0.4, -0.2) is 84.4 Å². The molecule has 3 fully saturated rings. The van der Waals surface area contributed by atoms with Crippen LogP contribution in [0.5, 0.6) is 0 Å². The zero-order chi connectivity index (χ0) is 23.1. The number of hydrogen-bond donors (Lipinski definition) is 1. The Morgan fingerprint density at radius 3 is 2.22 bits per heavy atom. The topological polar surface area (TPSA) is 55.9 Å². The Labute approximate surface area is 196 Å². The average Bonchev–Trinajstić information content (AvgIpc) is 3.26. The van der Waals surface area contributed by atoms with E-state index in [-0.39, 0.29) is 23.3 Å². The maximum Gasteiger partial charge on any atom is 0.237 e. The molecular formula is C26H48N4O2. The lowest BCUT2D eigenvalue weighted by Crippen LogP contribution is -2.58. The van der Waals surface area contributed by atoms with Gasteiger partial charge in [-0.3, -0.25) is 14.5 Å². The first-order valence-electron chi connectivity index (χ1n) is 13.3. The van der Waals surface area contributed by atoms with E-state index in [2.05, 4.69) is 42.8 Å². The van der Waals surface area contributed by atoms with Gasteiger partial charge in [0.1, 0.15) is 0 Å². The molecule has 1 aliphatic carbocycles. The fourth-order valence-corrected chi connectivity index (χ4v) is 5.85. The lowest BCUT2D eigenvalue weighted by Gasteiger charge is -2.41. The van der Waals surface area contributed by atoms with Crippen LogP contribution in [0.1, 0.15) is 85.5 Å². The summed E-state index contributed by atoms with van der Waals surface area (Å²) < 4.78 is 0. The summed E-state index contributed by atoms with van der Waals surface area (Å²) in [7, 11) is 0. The normalized spacial score (nSPS) is 25.1. The Morgan fingerprint density at radius 2 is 1.59 bits per heavy atom. The fourth-order valence-electron chi connectivity index (χ4n) is 5.85. The Hall–Kier alpha value is -1.14. The van der Waals surface area contributed by atoms with Crippen LogP contribution >= 0.6 is 0 Å². The van der Waals surface area contributed by atoms with Crippen molar-refractivity contribution in [3.8, 4) is 0 Å². The van der Waals surface area contributed by atoms with Crippen molar-refractivity contribution < 1.29 is 9.59 Å². The largest absolute Gasteiger partial charge is 0.355 e. The molecule has 1 N–H and O–H groups in total. The Balaban J connectivity index is 1.48. The van der Waals surface area contributed by atoms with Crippen LogP contribution in [0.15, 0.2) is 0 Å². The summed E-state index contributed by atoms with van der Waals surface area (Å²) >= 11 is 0. The molecule has 32 heavy (non-hydrogen) atoms. The minimum atomic E-state index is -0.0220. The maximum absolute atomic E-state index is 13.3. The molecule has 1 saturated carbocycles. The number of nitrogens with one attached hydrogen (secondary N) is 1. The highest BCUT2D eigenvalue weighted by molar-refractivity contribution is 5.82. The maximum atomic E-state index is 13.3. The van der Waals surface area contributed by atoms with E-state index >= 15 is 0 Å². The molecule has 0 aromatic carbocycles. The van der Waals surface area contributed by atoms with Crippen molar-refractivity contribution in [1.82, 2.24) is 20.0 Å². The molecule has 2 aliphatic heterocycles. The van der Waals surface area contributed by atoms with E-state index in [4.69, 9.17) is 0 Å². The van der Waals surface area contributed by atoms with Gasteiger partial charge in [-0.1, -0.05) is 40.0 Å². The van der Waals surface area contributed by atoms with Gasteiger partial charge < -0.3 is 15.1 Å². The SMILES string of the molecule is CC1CCCCN1CCCNC(=O)C(C1CCCC1)N1CCN(C(=O)CC(C)(C)C)CC1. The van der Waals surface area contributed by atoms with Crippen LogP contribution < -0.4 is 5.32 Å². The standard InChI is InChI=1S/C26H48N4O2/c1-21-10-7-8-14-28(21)15-9-13-27-25(32)24(22-11-5-6-12-22)30-18-16-29(17-19-30)23(31)20-26(2,3)4/h21-22,24H,5-20H2,1-4H3,(H,27,32). The van der Waals surface area contributed by atoms with E-state index in [9.17, 15) is 9.59 Å². The number of carbonyl (C=O) groups excluding carboxylic acids is 2. The third-order valence-corrected chi connectivity index (χ3v) is 7.72. The lowest BCUT2D eigenvalue weighted by molar-refractivity contribution is -0.136. The smallest absolute Gasteiger partial charge is 0.237 e. The van der Waals surface area contributed by atoms with Crippen LogP contribution in [0, 0.1) is 11.3 Å². The number of rotatable bonds is 8. The number of likely N-dealkylation sites (tertiary alicyclic amines) is 1. The van der Waals surface area contributed by atoms with E-state index in [1.165, 1.54) is 38.6 Å². The van der Waals surface area contributed by atoms with E-state index in [0.717, 1.165) is 58.5 Å². The van der Waals surface area contributed by atoms with Gasteiger partial charge in [-0.2, -0.15) is 0 Å². The highest BCUT2D eigenvalue weighted by Crippen LogP contribution is 2.31. The van der Waals surface area contributed by atoms with E-state index in [0.29, 0.717) is 18.4 Å². The van der Waals surface area contributed by atoms with Gasteiger partial charge in [-0.15, -0.1) is 0 Å². The second kappa shape index (κ2) is 11.8. The first kappa shape index (κ1) is 25.5. The van der Waals surface area contributed by atoms with Crippen molar-refractivity contribution in [1.29, 1.82) is 0 Å². The van der Waals surface area contributed by atoms with Crippen molar-refractivity contribution in [3.63, 3.8) is 0 Å². The molecule has 0 bridgehead atoms. The van der Waals surface area contributed by atoms with E-state index < -0.39 is 0 Å². The number of amides is 2. The number of piperidine rings is 1. The molecule has 184 valence electrons. The van der Waals surface area contributed by atoms with Gasteiger partial charge in [-0.05, 0) is 56.9 Å². The zero-order valence-electron chi connectivity index (χ0n) is 21.2. The van der Waals surface area contributed by atoms with Gasteiger partial charge in [0.05, 0.1) is 6.04 Å². The zero-order valence-corrected chi connectivity index (χ0v) is 21.2. The third-order valence-electron chi connectivity index (χ3n) is 7.72. The molecule has 0 aromatic heterocycles. The first-order valence-corrected chi connectivity index (χ1v) is 13.3. The molecule has 2 amide bonds. The highest BCUT2D eigenvalue weighted by Gasteiger charge is 2.37. The summed E-state index contributed by atoms with van der Waals surface area (Å²) in [6, 6.07) is 0.661. The predicted molar refractivity (Wildman–Crippen MR) is 130 cm³/mol. The molecule has 0 aromatic rings. The first-order chi connectivity index (χ1) is 15.2. The molecule has 3 rings (SSSR count). The Kier molecular flexibility index (Phi) is 9.42. The molecule has 3 aliphatic rings. The summed E-state index contributed by atoms with van der Waals surface area (Å²) in [6.07, 6.45) is 10.4. The Morgan fingerprint density at radius 1 is 0.938 bits per heavy atom. The molecule has 0 spiro atoms. The molecule has 2 heterocycles.